The second-order valence-electron chi connectivity index (χ2n) is 7.16. The lowest BCUT2D eigenvalue weighted by molar-refractivity contribution is 0.0885. The minimum Gasteiger partial charge on any atom is -0.292 e. The van der Waals surface area contributed by atoms with Crippen LogP contribution in [-0.4, -0.2) is 15.6 Å². The van der Waals surface area contributed by atoms with E-state index < -0.39 is 0 Å². The van der Waals surface area contributed by atoms with Gasteiger partial charge in [0.15, 0.2) is 5.78 Å². The highest BCUT2D eigenvalue weighted by molar-refractivity contribution is 6.07. The Morgan fingerprint density at radius 1 is 1.04 bits per heavy atom. The van der Waals surface area contributed by atoms with Crippen LogP contribution in [0.4, 0.5) is 0 Å². The first-order valence-corrected chi connectivity index (χ1v) is 9.28. The Morgan fingerprint density at radius 2 is 1.80 bits per heavy atom. The average Bonchev–Trinajstić information content (AvgIpc) is 3.02. The lowest BCUT2D eigenvalue weighted by Crippen LogP contribution is -2.19. The minimum atomic E-state index is 0.150. The van der Waals surface area contributed by atoms with Crippen LogP contribution in [0.2, 0.25) is 0 Å². The fourth-order valence-corrected chi connectivity index (χ4v) is 4.03. The molecule has 3 aromatic rings. The highest BCUT2D eigenvalue weighted by Gasteiger charge is 2.27. The van der Waals surface area contributed by atoms with Crippen LogP contribution in [0.15, 0.2) is 48.5 Å². The Hall–Kier alpha value is -2.42. The van der Waals surface area contributed by atoms with Crippen molar-refractivity contribution in [3.63, 3.8) is 0 Å². The van der Waals surface area contributed by atoms with Crippen LogP contribution >= 0.6 is 0 Å². The van der Waals surface area contributed by atoms with E-state index in [9.17, 15) is 4.79 Å². The molecule has 4 rings (SSSR count). The quantitative estimate of drug-likeness (QED) is 0.619. The second-order valence-corrected chi connectivity index (χ2v) is 7.16. The number of ketones is 1. The van der Waals surface area contributed by atoms with E-state index >= 15 is 0 Å². The number of rotatable bonds is 4. The Morgan fingerprint density at radius 3 is 2.56 bits per heavy atom. The van der Waals surface area contributed by atoms with Crippen molar-refractivity contribution in [3.8, 4) is 0 Å². The number of aryl methyl sites for hydroxylation is 1. The largest absolute Gasteiger partial charge is 0.292 e. The molecule has 25 heavy (non-hydrogen) atoms. The Labute approximate surface area is 148 Å². The molecule has 1 heterocycles. The van der Waals surface area contributed by atoms with Crippen LogP contribution in [-0.2, 0) is 6.54 Å². The smallest absolute Gasteiger partial charge is 0.186 e. The molecule has 128 valence electrons. The Balaban J connectivity index is 1.77. The van der Waals surface area contributed by atoms with E-state index in [1.807, 2.05) is 35.0 Å². The average molecular weight is 332 g/mol. The van der Waals surface area contributed by atoms with Crippen LogP contribution in [0.1, 0.15) is 53.7 Å². The third-order valence-corrected chi connectivity index (χ3v) is 5.36. The maximum atomic E-state index is 13.1. The SMILES string of the molecule is Cc1cccc2c(C(=O)C3CCCCC3)nn(Cc3ccccc3)c12. The van der Waals surface area contributed by atoms with Crippen molar-refractivity contribution >= 4 is 16.7 Å². The van der Waals surface area contributed by atoms with Gasteiger partial charge < -0.3 is 0 Å². The van der Waals surface area contributed by atoms with Gasteiger partial charge in [0.25, 0.3) is 0 Å². The fraction of sp³-hybridized carbons (Fsp3) is 0.364. The molecule has 3 heteroatoms. The first-order chi connectivity index (χ1) is 12.2. The molecule has 0 bridgehead atoms. The molecule has 1 aliphatic rings. The molecule has 3 nitrogen and oxygen atoms in total. The molecule has 0 aliphatic heterocycles. The topological polar surface area (TPSA) is 34.9 Å². The van der Waals surface area contributed by atoms with Gasteiger partial charge in [-0.1, -0.05) is 67.8 Å². The number of fused-ring (bicyclic) bond motifs is 1. The zero-order valence-corrected chi connectivity index (χ0v) is 14.7. The monoisotopic (exact) mass is 332 g/mol. The number of carbonyl (C=O) groups excluding carboxylic acids is 1. The number of hydrogen-bond donors (Lipinski definition) is 0. The molecular formula is C22H24N2O. The van der Waals surface area contributed by atoms with Crippen molar-refractivity contribution in [2.45, 2.75) is 45.6 Å². The number of para-hydroxylation sites is 1. The number of aromatic nitrogens is 2. The summed E-state index contributed by atoms with van der Waals surface area (Å²) in [5.41, 5.74) is 4.13. The van der Waals surface area contributed by atoms with Gasteiger partial charge in [-0.3, -0.25) is 9.48 Å². The Kier molecular flexibility index (Phi) is 4.39. The van der Waals surface area contributed by atoms with Crippen molar-refractivity contribution < 1.29 is 4.79 Å². The van der Waals surface area contributed by atoms with E-state index in [0.29, 0.717) is 12.2 Å². The maximum Gasteiger partial charge on any atom is 0.186 e. The molecule has 1 aliphatic carbocycles. The molecular weight excluding hydrogens is 308 g/mol. The van der Waals surface area contributed by atoms with Crippen molar-refractivity contribution in [3.05, 3.63) is 65.4 Å². The third kappa shape index (κ3) is 3.11. The van der Waals surface area contributed by atoms with Crippen LogP contribution in [0.3, 0.4) is 0 Å². The predicted octanol–water partition coefficient (Wildman–Crippen LogP) is 5.16. The standard InChI is InChI=1S/C22H24N2O/c1-16-9-8-14-19-20(22(25)18-12-6-3-7-13-18)23-24(21(16)19)15-17-10-4-2-5-11-17/h2,4-5,8-11,14,18H,3,6-7,12-13,15H2,1H3. The van der Waals surface area contributed by atoms with Gasteiger partial charge in [-0.25, -0.2) is 0 Å². The normalized spacial score (nSPS) is 15.6. The van der Waals surface area contributed by atoms with Crippen molar-refractivity contribution in [2.24, 2.45) is 5.92 Å². The number of hydrogen-bond acceptors (Lipinski definition) is 2. The zero-order valence-electron chi connectivity index (χ0n) is 14.7. The molecule has 0 N–H and O–H groups in total. The van der Waals surface area contributed by atoms with Gasteiger partial charge in [0.2, 0.25) is 0 Å². The highest BCUT2D eigenvalue weighted by atomic mass is 16.1. The van der Waals surface area contributed by atoms with E-state index in [1.165, 1.54) is 17.5 Å². The molecule has 0 spiro atoms. The van der Waals surface area contributed by atoms with E-state index in [2.05, 4.69) is 25.1 Å². The van der Waals surface area contributed by atoms with E-state index in [0.717, 1.165) is 36.6 Å². The summed E-state index contributed by atoms with van der Waals surface area (Å²) in [6.07, 6.45) is 5.61. The van der Waals surface area contributed by atoms with Gasteiger partial charge in [0, 0.05) is 11.3 Å². The van der Waals surface area contributed by atoms with Crippen LogP contribution < -0.4 is 0 Å². The van der Waals surface area contributed by atoms with E-state index in [1.54, 1.807) is 0 Å². The lowest BCUT2D eigenvalue weighted by atomic mass is 9.84. The number of benzene rings is 2. The first-order valence-electron chi connectivity index (χ1n) is 9.28. The zero-order chi connectivity index (χ0) is 17.2. The third-order valence-electron chi connectivity index (χ3n) is 5.36. The molecule has 1 aromatic heterocycles. The van der Waals surface area contributed by atoms with Gasteiger partial charge in [-0.15, -0.1) is 0 Å². The summed E-state index contributed by atoms with van der Waals surface area (Å²) in [6, 6.07) is 16.5. The van der Waals surface area contributed by atoms with Crippen molar-refractivity contribution in [2.75, 3.05) is 0 Å². The van der Waals surface area contributed by atoms with Crippen LogP contribution in [0.25, 0.3) is 10.9 Å². The van der Waals surface area contributed by atoms with E-state index in [-0.39, 0.29) is 11.7 Å². The molecule has 0 amide bonds. The molecule has 0 radical (unpaired) electrons. The highest BCUT2D eigenvalue weighted by Crippen LogP contribution is 2.30. The number of Topliss-reactive ketones (excluding diaryl/α,β-unsaturated/α-hetero) is 1. The van der Waals surface area contributed by atoms with Crippen molar-refractivity contribution in [1.29, 1.82) is 0 Å². The predicted molar refractivity (Wildman–Crippen MR) is 101 cm³/mol. The maximum absolute atomic E-state index is 13.1. The Bertz CT molecular complexity index is 889. The number of carbonyl (C=O) groups is 1. The lowest BCUT2D eigenvalue weighted by Gasteiger charge is -2.19. The summed E-state index contributed by atoms with van der Waals surface area (Å²) in [4.78, 5) is 13.1. The second kappa shape index (κ2) is 6.83. The molecule has 2 aromatic carbocycles. The van der Waals surface area contributed by atoms with Gasteiger partial charge in [-0.05, 0) is 30.9 Å². The molecule has 0 saturated heterocycles. The summed E-state index contributed by atoms with van der Waals surface area (Å²) in [5, 5.41) is 5.79. The number of nitrogens with zero attached hydrogens (tertiary/aromatic N) is 2. The van der Waals surface area contributed by atoms with Gasteiger partial charge in [-0.2, -0.15) is 5.10 Å². The summed E-state index contributed by atoms with van der Waals surface area (Å²) < 4.78 is 2.01. The summed E-state index contributed by atoms with van der Waals surface area (Å²) >= 11 is 0. The first kappa shape index (κ1) is 16.1. The summed E-state index contributed by atoms with van der Waals surface area (Å²) in [7, 11) is 0. The van der Waals surface area contributed by atoms with Crippen LogP contribution in [0, 0.1) is 12.8 Å². The summed E-state index contributed by atoms with van der Waals surface area (Å²) in [5.74, 6) is 0.389. The minimum absolute atomic E-state index is 0.150. The van der Waals surface area contributed by atoms with Gasteiger partial charge >= 0.3 is 0 Å². The summed E-state index contributed by atoms with van der Waals surface area (Å²) in [6.45, 7) is 2.79. The fourth-order valence-electron chi connectivity index (χ4n) is 4.03. The molecule has 0 atom stereocenters. The van der Waals surface area contributed by atoms with Gasteiger partial charge in [0.05, 0.1) is 12.1 Å². The molecule has 1 saturated carbocycles. The van der Waals surface area contributed by atoms with Crippen LogP contribution in [0.5, 0.6) is 0 Å². The van der Waals surface area contributed by atoms with E-state index in [4.69, 9.17) is 5.10 Å². The van der Waals surface area contributed by atoms with Gasteiger partial charge in [0.1, 0.15) is 5.69 Å². The molecule has 0 unspecified atom stereocenters. The molecule has 1 fully saturated rings. The van der Waals surface area contributed by atoms with Crippen molar-refractivity contribution in [1.82, 2.24) is 9.78 Å².